The lowest BCUT2D eigenvalue weighted by Gasteiger charge is -2.11. The van der Waals surface area contributed by atoms with Crippen molar-refractivity contribution >= 4 is 12.1 Å². The van der Waals surface area contributed by atoms with E-state index < -0.39 is 6.04 Å². The Hall–Kier alpha value is -3.10. The standard InChI is InChI=1S/C21H26N4O4/c1-3-11-29-16-9-7-14(8-10-16)17-12-18(24-23-17)21(27)25-22-13-15-5-4-6-19(28-2)20(15)26/h4-10,13,17-18,23-24,26H,3,11-12H2,1-2H3,(H,25,27)/b22-13+. The molecule has 2 atom stereocenters. The molecule has 0 bridgehead atoms. The van der Waals surface area contributed by atoms with E-state index >= 15 is 0 Å². The number of amides is 1. The van der Waals surface area contributed by atoms with E-state index in [1.807, 2.05) is 24.3 Å². The summed E-state index contributed by atoms with van der Waals surface area (Å²) < 4.78 is 10.6. The van der Waals surface area contributed by atoms with Crippen molar-refractivity contribution in [3.63, 3.8) is 0 Å². The van der Waals surface area contributed by atoms with E-state index in [0.29, 0.717) is 24.3 Å². The first kappa shape index (κ1) is 20.6. The van der Waals surface area contributed by atoms with Crippen LogP contribution in [0.2, 0.25) is 0 Å². The number of phenolic OH excluding ortho intramolecular Hbond substituents is 1. The highest BCUT2D eigenvalue weighted by Crippen LogP contribution is 2.28. The number of hydrogen-bond acceptors (Lipinski definition) is 7. The predicted molar refractivity (Wildman–Crippen MR) is 110 cm³/mol. The summed E-state index contributed by atoms with van der Waals surface area (Å²) in [5, 5.41) is 14.0. The number of carbonyl (C=O) groups excluding carboxylic acids is 1. The molecule has 1 aliphatic rings. The fourth-order valence-corrected chi connectivity index (χ4v) is 3.01. The van der Waals surface area contributed by atoms with Gasteiger partial charge in [-0.15, -0.1) is 0 Å². The van der Waals surface area contributed by atoms with Gasteiger partial charge in [-0.25, -0.2) is 16.3 Å². The van der Waals surface area contributed by atoms with E-state index in [-0.39, 0.29) is 17.7 Å². The topological polar surface area (TPSA) is 104 Å². The molecule has 2 aromatic carbocycles. The van der Waals surface area contributed by atoms with Gasteiger partial charge in [-0.05, 0) is 42.7 Å². The number of hydrazone groups is 1. The first-order valence-electron chi connectivity index (χ1n) is 9.55. The highest BCUT2D eigenvalue weighted by molar-refractivity contribution is 5.87. The third-order valence-corrected chi connectivity index (χ3v) is 4.60. The van der Waals surface area contributed by atoms with Crippen LogP contribution in [-0.4, -0.2) is 37.0 Å². The largest absolute Gasteiger partial charge is 0.504 e. The maximum absolute atomic E-state index is 12.4. The smallest absolute Gasteiger partial charge is 0.258 e. The summed E-state index contributed by atoms with van der Waals surface area (Å²) in [6.07, 6.45) is 2.93. The molecule has 154 valence electrons. The number of hydrazine groups is 1. The monoisotopic (exact) mass is 398 g/mol. The maximum Gasteiger partial charge on any atom is 0.258 e. The van der Waals surface area contributed by atoms with Gasteiger partial charge in [0, 0.05) is 11.6 Å². The number of carbonyl (C=O) groups is 1. The summed E-state index contributed by atoms with van der Waals surface area (Å²) in [6.45, 7) is 2.76. The number of phenols is 1. The van der Waals surface area contributed by atoms with E-state index in [9.17, 15) is 9.90 Å². The molecule has 1 aliphatic heterocycles. The Morgan fingerprint density at radius 1 is 1.28 bits per heavy atom. The third kappa shape index (κ3) is 5.24. The Morgan fingerprint density at radius 2 is 2.07 bits per heavy atom. The van der Waals surface area contributed by atoms with Crippen LogP contribution in [-0.2, 0) is 4.79 Å². The highest BCUT2D eigenvalue weighted by Gasteiger charge is 2.30. The van der Waals surface area contributed by atoms with Crippen LogP contribution in [0, 0.1) is 0 Å². The van der Waals surface area contributed by atoms with Crippen LogP contribution in [0.5, 0.6) is 17.2 Å². The minimum absolute atomic E-state index is 0.0115. The van der Waals surface area contributed by atoms with Gasteiger partial charge in [-0.2, -0.15) is 5.10 Å². The molecule has 8 heteroatoms. The SMILES string of the molecule is CCCOc1ccc(C2CC(C(=O)N/N=C/c3cccc(OC)c3O)NN2)cc1. The van der Waals surface area contributed by atoms with E-state index in [1.54, 1.807) is 18.2 Å². The minimum atomic E-state index is -0.424. The number of rotatable bonds is 8. The number of nitrogens with zero attached hydrogens (tertiary/aromatic N) is 1. The average Bonchev–Trinajstić information content (AvgIpc) is 3.24. The molecule has 2 unspecified atom stereocenters. The van der Waals surface area contributed by atoms with E-state index in [4.69, 9.17) is 9.47 Å². The fourth-order valence-electron chi connectivity index (χ4n) is 3.01. The molecular weight excluding hydrogens is 372 g/mol. The van der Waals surface area contributed by atoms with Gasteiger partial charge < -0.3 is 14.6 Å². The summed E-state index contributed by atoms with van der Waals surface area (Å²) in [7, 11) is 1.47. The van der Waals surface area contributed by atoms with Gasteiger partial charge in [-0.1, -0.05) is 25.1 Å². The number of hydrogen-bond donors (Lipinski definition) is 4. The first-order valence-corrected chi connectivity index (χ1v) is 9.55. The number of benzene rings is 2. The molecule has 0 saturated carbocycles. The van der Waals surface area contributed by atoms with Crippen LogP contribution < -0.4 is 25.8 Å². The minimum Gasteiger partial charge on any atom is -0.504 e. The molecule has 0 radical (unpaired) electrons. The van der Waals surface area contributed by atoms with Gasteiger partial charge in [0.05, 0.1) is 19.9 Å². The number of nitrogens with one attached hydrogen (secondary N) is 3. The lowest BCUT2D eigenvalue weighted by Crippen LogP contribution is -2.41. The number of aromatic hydroxyl groups is 1. The Morgan fingerprint density at radius 3 is 2.79 bits per heavy atom. The molecule has 1 saturated heterocycles. The lowest BCUT2D eigenvalue weighted by atomic mass is 10.0. The summed E-state index contributed by atoms with van der Waals surface area (Å²) >= 11 is 0. The third-order valence-electron chi connectivity index (χ3n) is 4.60. The molecule has 4 N–H and O–H groups in total. The zero-order valence-electron chi connectivity index (χ0n) is 16.5. The van der Waals surface area contributed by atoms with Gasteiger partial charge in [0.15, 0.2) is 11.5 Å². The number of methoxy groups -OCH3 is 1. The van der Waals surface area contributed by atoms with Crippen molar-refractivity contribution in [3.05, 3.63) is 53.6 Å². The molecule has 1 heterocycles. The van der Waals surface area contributed by atoms with Gasteiger partial charge >= 0.3 is 0 Å². The summed E-state index contributed by atoms with van der Waals surface area (Å²) in [5.41, 5.74) is 10.2. The van der Waals surface area contributed by atoms with Crippen LogP contribution in [0.1, 0.15) is 36.9 Å². The van der Waals surface area contributed by atoms with Crippen LogP contribution in [0.25, 0.3) is 0 Å². The number of para-hydroxylation sites is 1. The van der Waals surface area contributed by atoms with Crippen molar-refractivity contribution in [1.82, 2.24) is 16.3 Å². The zero-order valence-corrected chi connectivity index (χ0v) is 16.5. The second kappa shape index (κ2) is 9.90. The van der Waals surface area contributed by atoms with Crippen molar-refractivity contribution in [3.8, 4) is 17.2 Å². The van der Waals surface area contributed by atoms with E-state index in [0.717, 1.165) is 17.7 Å². The molecule has 1 fully saturated rings. The normalized spacial score (nSPS) is 18.7. The molecule has 0 aromatic heterocycles. The molecule has 0 spiro atoms. The number of ether oxygens (including phenoxy) is 2. The Balaban J connectivity index is 1.53. The van der Waals surface area contributed by atoms with Crippen LogP contribution >= 0.6 is 0 Å². The van der Waals surface area contributed by atoms with Crippen molar-refractivity contribution in [2.45, 2.75) is 31.8 Å². The summed E-state index contributed by atoms with van der Waals surface area (Å²) in [5.74, 6) is 0.892. The van der Waals surface area contributed by atoms with Gasteiger partial charge in [-0.3, -0.25) is 4.79 Å². The molecule has 2 aromatic rings. The summed E-state index contributed by atoms with van der Waals surface area (Å²) in [6, 6.07) is 12.5. The first-order chi connectivity index (χ1) is 14.1. The van der Waals surface area contributed by atoms with Crippen molar-refractivity contribution in [1.29, 1.82) is 0 Å². The second-order valence-electron chi connectivity index (χ2n) is 6.68. The Labute approximate surface area is 169 Å². The lowest BCUT2D eigenvalue weighted by molar-refractivity contribution is -0.122. The van der Waals surface area contributed by atoms with Crippen LogP contribution in [0.15, 0.2) is 47.6 Å². The summed E-state index contributed by atoms with van der Waals surface area (Å²) in [4.78, 5) is 12.4. The van der Waals surface area contributed by atoms with Crippen LogP contribution in [0.4, 0.5) is 0 Å². The molecule has 3 rings (SSSR count). The Kier molecular flexibility index (Phi) is 7.04. The molecule has 1 amide bonds. The zero-order chi connectivity index (χ0) is 20.6. The molecule has 0 aliphatic carbocycles. The van der Waals surface area contributed by atoms with Gasteiger partial charge in [0.25, 0.3) is 5.91 Å². The average molecular weight is 398 g/mol. The molecule has 29 heavy (non-hydrogen) atoms. The van der Waals surface area contributed by atoms with E-state index in [2.05, 4.69) is 28.3 Å². The molecular formula is C21H26N4O4. The predicted octanol–water partition coefficient (Wildman–Crippen LogP) is 2.25. The maximum atomic E-state index is 12.4. The van der Waals surface area contributed by atoms with Gasteiger partial charge in [0.1, 0.15) is 11.8 Å². The second-order valence-corrected chi connectivity index (χ2v) is 6.68. The quantitative estimate of drug-likeness (QED) is 0.402. The highest BCUT2D eigenvalue weighted by atomic mass is 16.5. The molecule has 8 nitrogen and oxygen atoms in total. The fraction of sp³-hybridized carbons (Fsp3) is 0.333. The van der Waals surface area contributed by atoms with Crippen molar-refractivity contribution < 1.29 is 19.4 Å². The Bertz CT molecular complexity index is 854. The van der Waals surface area contributed by atoms with Gasteiger partial charge in [0.2, 0.25) is 0 Å². The van der Waals surface area contributed by atoms with Crippen LogP contribution in [0.3, 0.4) is 0 Å². The van der Waals surface area contributed by atoms with Crippen molar-refractivity contribution in [2.24, 2.45) is 5.10 Å². The van der Waals surface area contributed by atoms with Crippen molar-refractivity contribution in [2.75, 3.05) is 13.7 Å². The van der Waals surface area contributed by atoms with E-state index in [1.165, 1.54) is 13.3 Å².